The van der Waals surface area contributed by atoms with Crippen LogP contribution in [0.25, 0.3) is 0 Å². The molecule has 284 valence electrons. The van der Waals surface area contributed by atoms with Gasteiger partial charge in [-0.2, -0.15) is 0 Å². The molecule has 1 aromatic heterocycles. The summed E-state index contributed by atoms with van der Waals surface area (Å²) in [4.78, 5) is 42.7. The molecule has 3 amide bonds. The zero-order valence-electron chi connectivity index (χ0n) is 32.2. The molecule has 1 N–H and O–H groups in total. The van der Waals surface area contributed by atoms with Crippen molar-refractivity contribution in [2.45, 2.75) is 122 Å². The quantitative estimate of drug-likeness (QED) is 0.232. The number of amides is 3. The van der Waals surface area contributed by atoms with E-state index in [1.807, 2.05) is 71.3 Å². The van der Waals surface area contributed by atoms with E-state index in [-0.39, 0.29) is 29.3 Å². The zero-order valence-corrected chi connectivity index (χ0v) is 33.7. The Hall–Kier alpha value is -3.62. The summed E-state index contributed by atoms with van der Waals surface area (Å²) in [7, 11) is 0. The number of carbonyl (C=O) groups is 2. The van der Waals surface area contributed by atoms with Crippen molar-refractivity contribution in [3.63, 3.8) is 0 Å². The molecule has 2 fully saturated rings. The monoisotopic (exact) mass is 759 g/mol. The molecule has 1 saturated carbocycles. The maximum atomic E-state index is 15.3. The van der Waals surface area contributed by atoms with Gasteiger partial charge < -0.3 is 15.0 Å². The molecule has 0 radical (unpaired) electrons. The summed E-state index contributed by atoms with van der Waals surface area (Å²) in [5.41, 5.74) is 1.13. The largest absolute Gasteiger partial charge is 0.493 e. The average Bonchev–Trinajstić information content (AvgIpc) is 3.24. The molecule has 3 heterocycles. The predicted molar refractivity (Wildman–Crippen MR) is 214 cm³/mol. The number of benzene rings is 2. The number of hydrogen-bond donors (Lipinski definition) is 1. The van der Waals surface area contributed by atoms with Crippen molar-refractivity contribution in [3.8, 4) is 5.75 Å². The number of nitrogens with one attached hydrogen (secondary N) is 1. The number of piperidine rings is 1. The smallest absolute Gasteiger partial charge is 0.326 e. The molecule has 10 heteroatoms. The van der Waals surface area contributed by atoms with Gasteiger partial charge in [0.25, 0.3) is 0 Å². The second-order valence-corrected chi connectivity index (χ2v) is 17.2. The van der Waals surface area contributed by atoms with Crippen LogP contribution in [-0.4, -0.2) is 58.3 Å². The van der Waals surface area contributed by atoms with Crippen LogP contribution < -0.4 is 10.1 Å². The molecule has 2 aliphatic heterocycles. The first kappa shape index (κ1) is 39.1. The van der Waals surface area contributed by atoms with Gasteiger partial charge in [-0.05, 0) is 87.8 Å². The molecule has 0 unspecified atom stereocenters. The van der Waals surface area contributed by atoms with E-state index in [0.717, 1.165) is 42.5 Å². The van der Waals surface area contributed by atoms with Crippen molar-refractivity contribution in [2.24, 2.45) is 10.9 Å². The van der Waals surface area contributed by atoms with E-state index in [4.69, 9.17) is 37.9 Å². The lowest BCUT2D eigenvalue weighted by molar-refractivity contribution is -0.123. The number of urea groups is 1. The molecule has 6 rings (SSSR count). The second kappa shape index (κ2) is 16.0. The van der Waals surface area contributed by atoms with Gasteiger partial charge in [0, 0.05) is 59.0 Å². The Morgan fingerprint density at radius 2 is 1.47 bits per heavy atom. The fourth-order valence-corrected chi connectivity index (χ4v) is 8.55. The number of ether oxygens (including phenoxy) is 1. The number of amidine groups is 1. The fourth-order valence-electron chi connectivity index (χ4n) is 8.30. The van der Waals surface area contributed by atoms with E-state index in [1.165, 1.54) is 25.7 Å². The Bertz CT molecular complexity index is 1790. The maximum absolute atomic E-state index is 15.3. The number of hydrogen-bond acceptors (Lipinski definition) is 5. The van der Waals surface area contributed by atoms with Gasteiger partial charge in [0.2, 0.25) is 5.91 Å². The van der Waals surface area contributed by atoms with Crippen molar-refractivity contribution >= 4 is 41.0 Å². The van der Waals surface area contributed by atoms with Gasteiger partial charge >= 0.3 is 6.03 Å². The maximum Gasteiger partial charge on any atom is 0.326 e. The van der Waals surface area contributed by atoms with Crippen LogP contribution in [0.3, 0.4) is 0 Å². The van der Waals surface area contributed by atoms with Gasteiger partial charge in [0.05, 0.1) is 12.2 Å². The van der Waals surface area contributed by atoms with Gasteiger partial charge in [-0.25, -0.2) is 4.79 Å². The number of aliphatic imine (C=N–C) groups is 1. The van der Waals surface area contributed by atoms with Crippen LogP contribution in [0.2, 0.25) is 10.0 Å². The second-order valence-electron chi connectivity index (χ2n) is 16.4. The Morgan fingerprint density at radius 3 is 2.04 bits per heavy atom. The van der Waals surface area contributed by atoms with Crippen LogP contribution in [0.1, 0.15) is 122 Å². The van der Waals surface area contributed by atoms with Crippen LogP contribution in [0.4, 0.5) is 4.79 Å². The summed E-state index contributed by atoms with van der Waals surface area (Å²) in [5, 5.41) is 4.54. The first-order valence-corrected chi connectivity index (χ1v) is 20.1. The standard InChI is InChI=1S/C43H55Cl2N5O3/c1-7-53-36-27-37(41(2,3)4)46-28-35(36)39-48-42(5,30-14-18-32(44)19-15-30)43(6,31-16-20-33(45)21-17-31)50(39)40(52)49-24-22-29(23-25-49)26-38(51)47-34-12-10-8-9-11-13-34/h14-21,27-29,34H,7-13,22-26H2,1-6H3,(H,47,51)/t42-,43+/m0/s1. The van der Waals surface area contributed by atoms with E-state index < -0.39 is 11.1 Å². The van der Waals surface area contributed by atoms with Crippen LogP contribution in [0, 0.1) is 5.92 Å². The number of rotatable bonds is 8. The van der Waals surface area contributed by atoms with Gasteiger partial charge in [0.1, 0.15) is 22.7 Å². The van der Waals surface area contributed by atoms with Crippen molar-refractivity contribution in [2.75, 3.05) is 19.7 Å². The molecule has 3 aromatic rings. The van der Waals surface area contributed by atoms with Crippen LogP contribution in [0.15, 0.2) is 65.8 Å². The van der Waals surface area contributed by atoms with Gasteiger partial charge in [-0.1, -0.05) is 93.9 Å². The predicted octanol–water partition coefficient (Wildman–Crippen LogP) is 10.0. The third kappa shape index (κ3) is 8.10. The Balaban J connectivity index is 1.38. The molecule has 3 aliphatic rings. The minimum atomic E-state index is -1.01. The third-order valence-electron chi connectivity index (χ3n) is 11.7. The summed E-state index contributed by atoms with van der Waals surface area (Å²) in [6.45, 7) is 14.0. The number of pyridine rings is 1. The third-order valence-corrected chi connectivity index (χ3v) is 12.2. The van der Waals surface area contributed by atoms with E-state index in [9.17, 15) is 4.79 Å². The molecule has 2 atom stereocenters. The first-order chi connectivity index (χ1) is 25.2. The normalized spacial score (nSPS) is 23.1. The van der Waals surface area contributed by atoms with E-state index >= 15 is 4.79 Å². The van der Waals surface area contributed by atoms with E-state index in [1.54, 1.807) is 6.20 Å². The summed E-state index contributed by atoms with van der Waals surface area (Å²) in [6.07, 6.45) is 10.8. The zero-order chi connectivity index (χ0) is 38.0. The molecular weight excluding hydrogens is 705 g/mol. The van der Waals surface area contributed by atoms with E-state index in [2.05, 4.69) is 39.9 Å². The average molecular weight is 761 g/mol. The summed E-state index contributed by atoms with van der Waals surface area (Å²) < 4.78 is 6.31. The number of likely N-dealkylation sites (tertiary alicyclic amines) is 1. The Kier molecular flexibility index (Phi) is 11.8. The molecule has 0 spiro atoms. The van der Waals surface area contributed by atoms with Gasteiger partial charge in [-0.3, -0.25) is 19.7 Å². The summed E-state index contributed by atoms with van der Waals surface area (Å²) in [5.74, 6) is 1.48. The highest BCUT2D eigenvalue weighted by Gasteiger charge is 2.60. The lowest BCUT2D eigenvalue weighted by Gasteiger charge is -2.47. The lowest BCUT2D eigenvalue weighted by atomic mass is 9.71. The lowest BCUT2D eigenvalue weighted by Crippen LogP contribution is -2.59. The summed E-state index contributed by atoms with van der Waals surface area (Å²) >= 11 is 12.9. The molecule has 8 nitrogen and oxygen atoms in total. The van der Waals surface area contributed by atoms with E-state index in [0.29, 0.717) is 53.3 Å². The van der Waals surface area contributed by atoms with Crippen LogP contribution in [-0.2, 0) is 21.3 Å². The summed E-state index contributed by atoms with van der Waals surface area (Å²) in [6, 6.07) is 17.5. The van der Waals surface area contributed by atoms with Gasteiger partial charge in [-0.15, -0.1) is 0 Å². The Morgan fingerprint density at radius 1 is 0.887 bits per heavy atom. The Labute approximate surface area is 325 Å². The molecule has 2 aromatic carbocycles. The van der Waals surface area contributed by atoms with Crippen LogP contribution >= 0.6 is 23.2 Å². The molecule has 1 aliphatic carbocycles. The minimum absolute atomic E-state index is 0.138. The number of nitrogens with zero attached hydrogens (tertiary/aromatic N) is 4. The highest BCUT2D eigenvalue weighted by molar-refractivity contribution is 6.30. The van der Waals surface area contributed by atoms with Crippen LogP contribution in [0.5, 0.6) is 5.75 Å². The number of halogens is 2. The van der Waals surface area contributed by atoms with Crippen molar-refractivity contribution in [1.82, 2.24) is 20.1 Å². The van der Waals surface area contributed by atoms with Gasteiger partial charge in [0.15, 0.2) is 0 Å². The SMILES string of the molecule is CCOc1cc(C(C)(C)C)ncc1C1=N[C@@](C)(c2ccc(Cl)cc2)[C@@](C)(c2ccc(Cl)cc2)N1C(=O)N1CCC(CC(=O)NC2CCCCCC2)CC1. The minimum Gasteiger partial charge on any atom is -0.493 e. The highest BCUT2D eigenvalue weighted by Crippen LogP contribution is 2.54. The highest BCUT2D eigenvalue weighted by atomic mass is 35.5. The molecule has 1 saturated heterocycles. The van der Waals surface area contributed by atoms with Crippen molar-refractivity contribution < 1.29 is 14.3 Å². The van der Waals surface area contributed by atoms with Crippen molar-refractivity contribution in [3.05, 3.63) is 93.2 Å². The number of aromatic nitrogens is 1. The molecular formula is C43H55Cl2N5O3. The molecule has 0 bridgehead atoms. The van der Waals surface area contributed by atoms with Crippen molar-refractivity contribution in [1.29, 1.82) is 0 Å². The topological polar surface area (TPSA) is 87.1 Å². The molecule has 53 heavy (non-hydrogen) atoms. The fraction of sp³-hybridized carbons (Fsp3) is 0.535. The number of carbonyl (C=O) groups excluding carboxylic acids is 2. The first-order valence-electron chi connectivity index (χ1n) is 19.4.